The lowest BCUT2D eigenvalue weighted by Gasteiger charge is -2.11. The van der Waals surface area contributed by atoms with Gasteiger partial charge in [0.05, 0.1) is 18.7 Å². The molecule has 0 bridgehead atoms. The maximum absolute atomic E-state index is 5.61. The molecule has 0 amide bonds. The number of methoxy groups -OCH3 is 1. The number of para-hydroxylation sites is 1. The summed E-state index contributed by atoms with van der Waals surface area (Å²) < 4.78 is 13.0. The molecule has 0 aliphatic heterocycles. The molecular formula is C17H26N2O2. The highest BCUT2D eigenvalue weighted by Gasteiger charge is 2.06. The first kappa shape index (κ1) is 16.0. The highest BCUT2D eigenvalue weighted by atomic mass is 16.5. The molecule has 0 aliphatic carbocycles. The fourth-order valence-corrected chi connectivity index (χ4v) is 2.48. The molecule has 116 valence electrons. The first-order valence-electron chi connectivity index (χ1n) is 7.71. The molecule has 0 aliphatic rings. The number of nitrogens with zero attached hydrogens (tertiary/aromatic N) is 1. The van der Waals surface area contributed by atoms with Gasteiger partial charge in [0, 0.05) is 39.5 Å². The standard InChI is InChI=1S/C17H26N2O2/c1-3-11-21-13-10-19-9-7-15-5-4-6-16(17(15)19)14-18-8-12-20-2/h4-7,9,18H,3,8,10-14H2,1-2H3. The Balaban J connectivity index is 2.04. The molecule has 0 saturated heterocycles. The van der Waals surface area contributed by atoms with Crippen molar-refractivity contribution in [1.29, 1.82) is 0 Å². The molecule has 4 heteroatoms. The van der Waals surface area contributed by atoms with Gasteiger partial charge in [-0.1, -0.05) is 25.1 Å². The van der Waals surface area contributed by atoms with E-state index in [9.17, 15) is 0 Å². The maximum atomic E-state index is 5.61. The SMILES string of the molecule is CCCOCCn1ccc2cccc(CNCCOC)c21. The highest BCUT2D eigenvalue weighted by Crippen LogP contribution is 2.20. The van der Waals surface area contributed by atoms with Crippen LogP contribution in [-0.4, -0.2) is 38.0 Å². The summed E-state index contributed by atoms with van der Waals surface area (Å²) >= 11 is 0. The largest absolute Gasteiger partial charge is 0.383 e. The second-order valence-electron chi connectivity index (χ2n) is 5.15. The Labute approximate surface area is 127 Å². The van der Waals surface area contributed by atoms with E-state index < -0.39 is 0 Å². The van der Waals surface area contributed by atoms with Gasteiger partial charge in [0.2, 0.25) is 0 Å². The molecular weight excluding hydrogens is 264 g/mol. The van der Waals surface area contributed by atoms with E-state index in [1.54, 1.807) is 7.11 Å². The zero-order chi connectivity index (χ0) is 14.9. The lowest BCUT2D eigenvalue weighted by atomic mass is 10.1. The van der Waals surface area contributed by atoms with Crippen molar-refractivity contribution in [2.75, 3.05) is 33.5 Å². The fourth-order valence-electron chi connectivity index (χ4n) is 2.48. The Morgan fingerprint density at radius 1 is 1.14 bits per heavy atom. The topological polar surface area (TPSA) is 35.4 Å². The van der Waals surface area contributed by atoms with Gasteiger partial charge in [-0.05, 0) is 23.4 Å². The number of aromatic nitrogens is 1. The number of hydrogen-bond donors (Lipinski definition) is 1. The van der Waals surface area contributed by atoms with Gasteiger partial charge in [-0.3, -0.25) is 0 Å². The quantitative estimate of drug-likeness (QED) is 0.683. The summed E-state index contributed by atoms with van der Waals surface area (Å²) in [6.45, 7) is 7.11. The zero-order valence-corrected chi connectivity index (χ0v) is 13.1. The Morgan fingerprint density at radius 2 is 2.05 bits per heavy atom. The lowest BCUT2D eigenvalue weighted by Crippen LogP contribution is -2.19. The molecule has 0 spiro atoms. The first-order valence-corrected chi connectivity index (χ1v) is 7.71. The fraction of sp³-hybridized carbons (Fsp3) is 0.529. The van der Waals surface area contributed by atoms with Crippen LogP contribution in [-0.2, 0) is 22.6 Å². The van der Waals surface area contributed by atoms with Crippen LogP contribution in [0.5, 0.6) is 0 Å². The normalized spacial score (nSPS) is 11.3. The number of ether oxygens (including phenoxy) is 2. The van der Waals surface area contributed by atoms with Crippen LogP contribution in [0.2, 0.25) is 0 Å². The summed E-state index contributed by atoms with van der Waals surface area (Å²) in [5.74, 6) is 0. The van der Waals surface area contributed by atoms with Crippen LogP contribution in [0.4, 0.5) is 0 Å². The van der Waals surface area contributed by atoms with Crippen molar-refractivity contribution in [3.05, 3.63) is 36.0 Å². The summed E-state index contributed by atoms with van der Waals surface area (Å²) in [5, 5.41) is 4.71. The molecule has 4 nitrogen and oxygen atoms in total. The van der Waals surface area contributed by atoms with E-state index in [1.165, 1.54) is 16.5 Å². The van der Waals surface area contributed by atoms with Gasteiger partial charge in [0.1, 0.15) is 0 Å². The summed E-state index contributed by atoms with van der Waals surface area (Å²) in [6.07, 6.45) is 3.22. The minimum absolute atomic E-state index is 0.738. The average Bonchev–Trinajstić information content (AvgIpc) is 2.92. The molecule has 1 aromatic carbocycles. The Kier molecular flexibility index (Phi) is 6.73. The van der Waals surface area contributed by atoms with Crippen LogP contribution in [0.3, 0.4) is 0 Å². The zero-order valence-electron chi connectivity index (χ0n) is 13.1. The Morgan fingerprint density at radius 3 is 2.86 bits per heavy atom. The second kappa shape index (κ2) is 8.82. The first-order chi connectivity index (χ1) is 10.4. The van der Waals surface area contributed by atoms with E-state index in [1.807, 2.05) is 0 Å². The van der Waals surface area contributed by atoms with Gasteiger partial charge in [0.25, 0.3) is 0 Å². The number of hydrogen-bond acceptors (Lipinski definition) is 3. The number of fused-ring (bicyclic) bond motifs is 1. The van der Waals surface area contributed by atoms with Crippen molar-refractivity contribution in [2.45, 2.75) is 26.4 Å². The van der Waals surface area contributed by atoms with E-state index in [2.05, 4.69) is 47.3 Å². The number of rotatable bonds is 10. The predicted molar refractivity (Wildman–Crippen MR) is 86.6 cm³/mol. The van der Waals surface area contributed by atoms with Crippen molar-refractivity contribution in [2.24, 2.45) is 0 Å². The van der Waals surface area contributed by atoms with Crippen LogP contribution in [0.15, 0.2) is 30.5 Å². The van der Waals surface area contributed by atoms with Crippen molar-refractivity contribution in [3.8, 4) is 0 Å². The Hall–Kier alpha value is -1.36. The van der Waals surface area contributed by atoms with Crippen LogP contribution in [0.1, 0.15) is 18.9 Å². The third-order valence-electron chi connectivity index (χ3n) is 3.50. The molecule has 0 radical (unpaired) electrons. The van der Waals surface area contributed by atoms with E-state index >= 15 is 0 Å². The van der Waals surface area contributed by atoms with Crippen molar-refractivity contribution >= 4 is 10.9 Å². The van der Waals surface area contributed by atoms with Gasteiger partial charge in [-0.2, -0.15) is 0 Å². The van der Waals surface area contributed by atoms with E-state index in [4.69, 9.17) is 9.47 Å². The third-order valence-corrected chi connectivity index (χ3v) is 3.50. The number of nitrogens with one attached hydrogen (secondary N) is 1. The summed E-state index contributed by atoms with van der Waals surface area (Å²) in [5.41, 5.74) is 2.63. The van der Waals surface area contributed by atoms with Crippen molar-refractivity contribution in [1.82, 2.24) is 9.88 Å². The molecule has 2 rings (SSSR count). The minimum Gasteiger partial charge on any atom is -0.383 e. The average molecular weight is 290 g/mol. The van der Waals surface area contributed by atoms with Gasteiger partial charge in [-0.25, -0.2) is 0 Å². The summed E-state index contributed by atoms with van der Waals surface area (Å²) in [7, 11) is 1.73. The molecule has 1 aromatic heterocycles. The van der Waals surface area contributed by atoms with Crippen LogP contribution >= 0.6 is 0 Å². The molecule has 0 saturated carbocycles. The lowest BCUT2D eigenvalue weighted by molar-refractivity contribution is 0.127. The van der Waals surface area contributed by atoms with Gasteiger partial charge >= 0.3 is 0 Å². The van der Waals surface area contributed by atoms with E-state index in [-0.39, 0.29) is 0 Å². The molecule has 0 fully saturated rings. The van der Waals surface area contributed by atoms with Gasteiger partial charge < -0.3 is 19.4 Å². The van der Waals surface area contributed by atoms with Crippen molar-refractivity contribution in [3.63, 3.8) is 0 Å². The Bertz CT molecular complexity index is 537. The molecule has 1 N–H and O–H groups in total. The predicted octanol–water partition coefficient (Wildman–Crippen LogP) is 2.80. The minimum atomic E-state index is 0.738. The molecule has 1 heterocycles. The highest BCUT2D eigenvalue weighted by molar-refractivity contribution is 5.83. The van der Waals surface area contributed by atoms with Crippen LogP contribution < -0.4 is 5.32 Å². The van der Waals surface area contributed by atoms with E-state index in [0.717, 1.165) is 45.9 Å². The van der Waals surface area contributed by atoms with Gasteiger partial charge in [-0.15, -0.1) is 0 Å². The van der Waals surface area contributed by atoms with Crippen LogP contribution in [0.25, 0.3) is 10.9 Å². The van der Waals surface area contributed by atoms with Crippen molar-refractivity contribution < 1.29 is 9.47 Å². The van der Waals surface area contributed by atoms with Gasteiger partial charge in [0.15, 0.2) is 0 Å². The number of benzene rings is 1. The monoisotopic (exact) mass is 290 g/mol. The third kappa shape index (κ3) is 4.56. The summed E-state index contributed by atoms with van der Waals surface area (Å²) in [4.78, 5) is 0. The van der Waals surface area contributed by atoms with E-state index in [0.29, 0.717) is 0 Å². The van der Waals surface area contributed by atoms with Crippen LogP contribution in [0, 0.1) is 0 Å². The summed E-state index contributed by atoms with van der Waals surface area (Å²) in [6, 6.07) is 8.64. The second-order valence-corrected chi connectivity index (χ2v) is 5.15. The molecule has 21 heavy (non-hydrogen) atoms. The molecule has 0 unspecified atom stereocenters. The molecule has 0 atom stereocenters. The smallest absolute Gasteiger partial charge is 0.0645 e. The maximum Gasteiger partial charge on any atom is 0.0645 e. The molecule has 2 aromatic rings.